The van der Waals surface area contributed by atoms with E-state index in [1.807, 2.05) is 0 Å². The summed E-state index contributed by atoms with van der Waals surface area (Å²) in [6.07, 6.45) is 0. The second-order valence-electron chi connectivity index (χ2n) is 2.19. The molecule has 0 bridgehead atoms. The summed E-state index contributed by atoms with van der Waals surface area (Å²) in [4.78, 5) is -0.642. The van der Waals surface area contributed by atoms with Crippen molar-refractivity contribution in [1.82, 2.24) is 0 Å². The van der Waals surface area contributed by atoms with E-state index in [0.717, 1.165) is 12.1 Å². The largest absolute Gasteiger partial charge is 1.00 e. The van der Waals surface area contributed by atoms with Gasteiger partial charge in [0.05, 0.1) is 14.9 Å². The van der Waals surface area contributed by atoms with Gasteiger partial charge in [0.1, 0.15) is 15.9 Å². The van der Waals surface area contributed by atoms with Gasteiger partial charge in [0, 0.05) is 6.07 Å². The molecule has 0 saturated heterocycles. The van der Waals surface area contributed by atoms with Crippen molar-refractivity contribution >= 4 is 33.3 Å². The molecule has 8 heteroatoms. The number of phenolic OH excluding ortho intramolecular Hbond substituents is 1. The summed E-state index contributed by atoms with van der Waals surface area (Å²) in [6, 6.07) is 1.70. The van der Waals surface area contributed by atoms with E-state index in [1.165, 1.54) is 0 Å². The van der Waals surface area contributed by atoms with Gasteiger partial charge in [0.15, 0.2) is 0 Å². The Morgan fingerprint density at radius 3 is 2.14 bits per heavy atom. The Balaban J connectivity index is 0.00000169. The van der Waals surface area contributed by atoms with Gasteiger partial charge in [-0.1, -0.05) is 23.2 Å². The van der Waals surface area contributed by atoms with Gasteiger partial charge in [0.2, 0.25) is 0 Å². The predicted octanol–water partition coefficient (Wildman–Crippen LogP) is -1.39. The summed E-state index contributed by atoms with van der Waals surface area (Å²) in [7, 11) is -4.65. The Morgan fingerprint density at radius 1 is 1.21 bits per heavy atom. The molecule has 0 aromatic heterocycles. The number of hydrogen-bond donors (Lipinski definition) is 1. The van der Waals surface area contributed by atoms with Crippen LogP contribution in [0.3, 0.4) is 0 Å². The van der Waals surface area contributed by atoms with Crippen LogP contribution >= 0.6 is 23.2 Å². The number of hydrogen-bond acceptors (Lipinski definition) is 4. The van der Waals surface area contributed by atoms with Gasteiger partial charge in [0.25, 0.3) is 0 Å². The van der Waals surface area contributed by atoms with E-state index in [1.54, 1.807) is 0 Å². The molecule has 0 atom stereocenters. The first-order valence-corrected chi connectivity index (χ1v) is 5.12. The number of rotatable bonds is 1. The van der Waals surface area contributed by atoms with E-state index in [-0.39, 0.29) is 45.4 Å². The second-order valence-corrected chi connectivity index (χ2v) is 4.35. The van der Waals surface area contributed by atoms with Crippen molar-refractivity contribution < 1.29 is 47.6 Å². The molecule has 0 aliphatic heterocycles. The van der Waals surface area contributed by atoms with Crippen molar-refractivity contribution in [3.8, 4) is 5.75 Å². The number of phenols is 1. The minimum atomic E-state index is -4.65. The quantitative estimate of drug-likeness (QED) is 0.501. The van der Waals surface area contributed by atoms with E-state index < -0.39 is 15.0 Å². The Kier molecular flexibility index (Phi) is 5.21. The van der Waals surface area contributed by atoms with Gasteiger partial charge in [-0.15, -0.1) is 0 Å². The van der Waals surface area contributed by atoms with Crippen molar-refractivity contribution in [3.05, 3.63) is 22.2 Å². The topological polar surface area (TPSA) is 77.4 Å². The van der Waals surface area contributed by atoms with Crippen molar-refractivity contribution in [2.45, 2.75) is 4.90 Å². The van der Waals surface area contributed by atoms with Crippen LogP contribution in [0.5, 0.6) is 5.75 Å². The molecule has 0 aliphatic carbocycles. The summed E-state index contributed by atoms with van der Waals surface area (Å²) in [5.41, 5.74) is 0. The van der Waals surface area contributed by atoms with Crippen molar-refractivity contribution in [2.75, 3.05) is 0 Å². The summed E-state index contributed by atoms with van der Waals surface area (Å²) in [5, 5.41) is 8.39. The van der Waals surface area contributed by atoms with Gasteiger partial charge in [-0.2, -0.15) is 0 Å². The Morgan fingerprint density at radius 2 is 1.71 bits per heavy atom. The van der Waals surface area contributed by atoms with Crippen LogP contribution in [0.1, 0.15) is 0 Å². The third kappa shape index (κ3) is 3.27. The van der Waals surface area contributed by atoms with E-state index in [9.17, 15) is 13.0 Å². The molecule has 0 spiro atoms. The molecule has 1 aromatic rings. The number of aromatic hydroxyl groups is 1. The second kappa shape index (κ2) is 5.03. The van der Waals surface area contributed by atoms with E-state index in [0.29, 0.717) is 0 Å². The van der Waals surface area contributed by atoms with Crippen LogP contribution in [0.15, 0.2) is 17.0 Å². The molecule has 4 nitrogen and oxygen atoms in total. The van der Waals surface area contributed by atoms with E-state index >= 15 is 0 Å². The molecule has 0 saturated carbocycles. The molecule has 0 amide bonds. The molecule has 0 radical (unpaired) electrons. The normalized spacial score (nSPS) is 10.8. The summed E-state index contributed by atoms with van der Waals surface area (Å²) in [5.74, 6) is -0.376. The van der Waals surface area contributed by atoms with Gasteiger partial charge in [-0.05, 0) is 6.07 Å². The maximum atomic E-state index is 10.5. The van der Waals surface area contributed by atoms with Gasteiger partial charge >= 0.3 is 29.6 Å². The van der Waals surface area contributed by atoms with Crippen molar-refractivity contribution in [1.29, 1.82) is 0 Å². The van der Waals surface area contributed by atoms with Gasteiger partial charge in [-0.3, -0.25) is 0 Å². The molecular formula is C6H3Cl2NaO4S. The van der Waals surface area contributed by atoms with Crippen molar-refractivity contribution in [2.24, 2.45) is 0 Å². The van der Waals surface area contributed by atoms with Crippen molar-refractivity contribution in [3.63, 3.8) is 0 Å². The smallest absolute Gasteiger partial charge is 0.744 e. The third-order valence-corrected chi connectivity index (χ3v) is 2.87. The van der Waals surface area contributed by atoms with Crippen LogP contribution in [0.25, 0.3) is 0 Å². The number of halogens is 2. The van der Waals surface area contributed by atoms with Crippen LogP contribution in [0.4, 0.5) is 0 Å². The fraction of sp³-hybridized carbons (Fsp3) is 0. The minimum absolute atomic E-state index is 0. The third-order valence-electron chi connectivity index (χ3n) is 1.27. The van der Waals surface area contributed by atoms with Crippen LogP contribution in [-0.4, -0.2) is 18.1 Å². The first-order valence-electron chi connectivity index (χ1n) is 2.96. The molecule has 1 rings (SSSR count). The van der Waals surface area contributed by atoms with Crippen LogP contribution in [0.2, 0.25) is 10.0 Å². The summed E-state index contributed by atoms with van der Waals surface area (Å²) < 4.78 is 31.6. The standard InChI is InChI=1S/C6H4Cl2O4S.Na/c7-3-2-6(13(10,11)12)4(8)1-5(3)9;/h1-2,9H,(H,10,11,12);/q;+1/p-1. The predicted molar refractivity (Wildman–Crippen MR) is 46.1 cm³/mol. The van der Waals surface area contributed by atoms with Gasteiger partial charge < -0.3 is 9.66 Å². The van der Waals surface area contributed by atoms with E-state index in [4.69, 9.17) is 28.3 Å². The zero-order valence-electron chi connectivity index (χ0n) is 6.99. The molecule has 14 heavy (non-hydrogen) atoms. The molecule has 0 aliphatic rings. The van der Waals surface area contributed by atoms with Gasteiger partial charge in [-0.25, -0.2) is 8.42 Å². The molecule has 0 heterocycles. The SMILES string of the molecule is O=S(=O)([O-])c1cc(Cl)c(O)cc1Cl.[Na+]. The molecule has 72 valence electrons. The first-order chi connectivity index (χ1) is 5.82. The molecule has 0 unspecified atom stereocenters. The Hall–Kier alpha value is 0.510. The fourth-order valence-corrected chi connectivity index (χ4v) is 1.94. The minimum Gasteiger partial charge on any atom is -0.744 e. The Bertz CT molecular complexity index is 445. The summed E-state index contributed by atoms with van der Waals surface area (Å²) in [6.45, 7) is 0. The Labute approximate surface area is 113 Å². The maximum Gasteiger partial charge on any atom is 1.00 e. The molecule has 1 N–H and O–H groups in total. The fourth-order valence-electron chi connectivity index (χ4n) is 0.710. The number of benzene rings is 1. The molecule has 1 aromatic carbocycles. The van der Waals surface area contributed by atoms with Crippen LogP contribution in [0, 0.1) is 0 Å². The summed E-state index contributed by atoms with van der Waals surface area (Å²) >= 11 is 10.8. The zero-order valence-corrected chi connectivity index (χ0v) is 11.3. The monoisotopic (exact) mass is 264 g/mol. The average Bonchev–Trinajstić information content (AvgIpc) is 1.94. The molecule has 0 fully saturated rings. The first kappa shape index (κ1) is 14.5. The average molecular weight is 265 g/mol. The van der Waals surface area contributed by atoms with E-state index in [2.05, 4.69) is 0 Å². The van der Waals surface area contributed by atoms with Crippen LogP contribution in [-0.2, 0) is 10.1 Å². The van der Waals surface area contributed by atoms with Crippen LogP contribution < -0.4 is 29.6 Å². The zero-order chi connectivity index (χ0) is 10.2. The maximum absolute atomic E-state index is 10.5. The molecular weight excluding hydrogens is 262 g/mol.